The monoisotopic (exact) mass is 369 g/mol. The summed E-state index contributed by atoms with van der Waals surface area (Å²) in [5.41, 5.74) is 1.63. The Morgan fingerprint density at radius 1 is 1.19 bits per heavy atom. The van der Waals surface area contributed by atoms with E-state index in [4.69, 9.17) is 0 Å². The molecular formula is C21H27N3O3. The van der Waals surface area contributed by atoms with Crippen molar-refractivity contribution < 1.29 is 14.4 Å². The summed E-state index contributed by atoms with van der Waals surface area (Å²) in [6.45, 7) is 3.18. The quantitative estimate of drug-likeness (QED) is 0.832. The Labute approximate surface area is 159 Å². The number of nitrogens with zero attached hydrogens (tertiary/aromatic N) is 2. The van der Waals surface area contributed by atoms with Gasteiger partial charge in [-0.25, -0.2) is 4.79 Å². The minimum absolute atomic E-state index is 0.160. The van der Waals surface area contributed by atoms with Crippen LogP contribution >= 0.6 is 0 Å². The van der Waals surface area contributed by atoms with Crippen molar-refractivity contribution in [1.82, 2.24) is 15.1 Å². The predicted octanol–water partition coefficient (Wildman–Crippen LogP) is 2.46. The highest BCUT2D eigenvalue weighted by Gasteiger charge is 2.52. The first kappa shape index (κ1) is 18.0. The fourth-order valence-electron chi connectivity index (χ4n) is 4.68. The van der Waals surface area contributed by atoms with E-state index in [2.05, 4.69) is 18.3 Å². The van der Waals surface area contributed by atoms with Crippen LogP contribution in [0.1, 0.15) is 50.2 Å². The first-order valence-electron chi connectivity index (χ1n) is 10.0. The molecule has 1 aliphatic carbocycles. The van der Waals surface area contributed by atoms with Crippen molar-refractivity contribution in [3.05, 3.63) is 35.4 Å². The fourth-order valence-corrected chi connectivity index (χ4v) is 4.68. The zero-order chi connectivity index (χ0) is 19.0. The lowest BCUT2D eigenvalue weighted by Crippen LogP contribution is -2.50. The average molecular weight is 369 g/mol. The molecule has 4 rings (SSSR count). The van der Waals surface area contributed by atoms with Gasteiger partial charge in [0.05, 0.1) is 0 Å². The van der Waals surface area contributed by atoms with Gasteiger partial charge in [-0.1, -0.05) is 37.6 Å². The van der Waals surface area contributed by atoms with E-state index in [0.29, 0.717) is 31.8 Å². The van der Waals surface area contributed by atoms with Crippen molar-refractivity contribution >= 4 is 17.8 Å². The second-order valence-electron chi connectivity index (χ2n) is 8.09. The lowest BCUT2D eigenvalue weighted by Gasteiger charge is -2.34. The molecule has 1 saturated carbocycles. The van der Waals surface area contributed by atoms with Gasteiger partial charge in [-0.2, -0.15) is 0 Å². The molecular weight excluding hydrogens is 342 g/mol. The summed E-state index contributed by atoms with van der Waals surface area (Å²) in [7, 11) is 0. The SMILES string of the molecule is CCC1CCC2(CC1)NC(=O)N(CC(=O)N1CCc3ccccc3C1)C2=O. The molecule has 0 aromatic heterocycles. The van der Waals surface area contributed by atoms with Gasteiger partial charge in [0.1, 0.15) is 12.1 Å². The van der Waals surface area contributed by atoms with Crippen molar-refractivity contribution in [2.45, 2.75) is 57.5 Å². The lowest BCUT2D eigenvalue weighted by molar-refractivity contribution is -0.140. The Morgan fingerprint density at radius 3 is 2.59 bits per heavy atom. The number of imide groups is 1. The van der Waals surface area contributed by atoms with Crippen LogP contribution in [0.3, 0.4) is 0 Å². The van der Waals surface area contributed by atoms with Crippen molar-refractivity contribution in [3.8, 4) is 0 Å². The molecule has 1 aromatic carbocycles. The van der Waals surface area contributed by atoms with E-state index in [1.54, 1.807) is 4.90 Å². The Balaban J connectivity index is 1.42. The number of carbonyl (C=O) groups is 3. The van der Waals surface area contributed by atoms with Crippen LogP contribution in [0.25, 0.3) is 0 Å². The maximum atomic E-state index is 13.0. The highest BCUT2D eigenvalue weighted by atomic mass is 16.2. The lowest BCUT2D eigenvalue weighted by atomic mass is 9.75. The van der Waals surface area contributed by atoms with Gasteiger partial charge in [0, 0.05) is 13.1 Å². The normalized spacial score (nSPS) is 27.7. The first-order chi connectivity index (χ1) is 13.0. The largest absolute Gasteiger partial charge is 0.336 e. The molecule has 1 saturated heterocycles. The topological polar surface area (TPSA) is 69.7 Å². The molecule has 6 nitrogen and oxygen atoms in total. The van der Waals surface area contributed by atoms with Crippen LogP contribution < -0.4 is 5.32 Å². The van der Waals surface area contributed by atoms with Gasteiger partial charge < -0.3 is 10.2 Å². The number of nitrogens with one attached hydrogen (secondary N) is 1. The van der Waals surface area contributed by atoms with E-state index >= 15 is 0 Å². The smallest absolute Gasteiger partial charge is 0.325 e. The number of rotatable bonds is 3. The summed E-state index contributed by atoms with van der Waals surface area (Å²) in [4.78, 5) is 41.1. The Morgan fingerprint density at radius 2 is 1.89 bits per heavy atom. The van der Waals surface area contributed by atoms with Crippen molar-refractivity contribution in [2.75, 3.05) is 13.1 Å². The predicted molar refractivity (Wildman–Crippen MR) is 101 cm³/mol. The van der Waals surface area contributed by atoms with Crippen molar-refractivity contribution in [1.29, 1.82) is 0 Å². The third-order valence-corrected chi connectivity index (χ3v) is 6.56. The van der Waals surface area contributed by atoms with Crippen LogP contribution in [-0.2, 0) is 22.6 Å². The third kappa shape index (κ3) is 3.22. The average Bonchev–Trinajstić information content (AvgIpc) is 2.92. The maximum Gasteiger partial charge on any atom is 0.325 e. The molecule has 3 aliphatic rings. The van der Waals surface area contributed by atoms with Gasteiger partial charge in [0.25, 0.3) is 5.91 Å². The van der Waals surface area contributed by atoms with Crippen LogP contribution in [0.5, 0.6) is 0 Å². The molecule has 2 aliphatic heterocycles. The molecule has 144 valence electrons. The van der Waals surface area contributed by atoms with Gasteiger partial charge >= 0.3 is 6.03 Å². The molecule has 4 amide bonds. The maximum absolute atomic E-state index is 13.0. The van der Waals surface area contributed by atoms with E-state index in [1.165, 1.54) is 5.56 Å². The summed E-state index contributed by atoms with van der Waals surface area (Å²) >= 11 is 0. The second kappa shape index (κ2) is 6.98. The third-order valence-electron chi connectivity index (χ3n) is 6.56. The Kier molecular flexibility index (Phi) is 4.66. The number of carbonyl (C=O) groups excluding carboxylic acids is 3. The molecule has 0 atom stereocenters. The zero-order valence-corrected chi connectivity index (χ0v) is 15.9. The number of hydrogen-bond donors (Lipinski definition) is 1. The molecule has 6 heteroatoms. The highest BCUT2D eigenvalue weighted by molar-refractivity contribution is 6.09. The summed E-state index contributed by atoms with van der Waals surface area (Å²) in [5, 5.41) is 2.90. The van der Waals surface area contributed by atoms with Gasteiger partial charge in [-0.3, -0.25) is 14.5 Å². The van der Waals surface area contributed by atoms with Crippen LogP contribution in [0.15, 0.2) is 24.3 Å². The summed E-state index contributed by atoms with van der Waals surface area (Å²) in [5.74, 6) is 0.254. The number of hydrogen-bond acceptors (Lipinski definition) is 3. The van der Waals surface area contributed by atoms with E-state index in [9.17, 15) is 14.4 Å². The molecule has 1 N–H and O–H groups in total. The van der Waals surface area contributed by atoms with Gasteiger partial charge in [0.15, 0.2) is 0 Å². The molecule has 2 fully saturated rings. The van der Waals surface area contributed by atoms with Crippen LogP contribution in [0.2, 0.25) is 0 Å². The summed E-state index contributed by atoms with van der Waals surface area (Å²) in [6, 6.07) is 7.69. The molecule has 0 radical (unpaired) electrons. The minimum atomic E-state index is -0.780. The molecule has 2 heterocycles. The minimum Gasteiger partial charge on any atom is -0.336 e. The fraction of sp³-hybridized carbons (Fsp3) is 0.571. The molecule has 0 bridgehead atoms. The van der Waals surface area contributed by atoms with Crippen molar-refractivity contribution in [2.24, 2.45) is 5.92 Å². The van der Waals surface area contributed by atoms with Gasteiger partial charge in [-0.05, 0) is 49.1 Å². The Bertz CT molecular complexity index is 768. The highest BCUT2D eigenvalue weighted by Crippen LogP contribution is 2.37. The van der Waals surface area contributed by atoms with E-state index in [-0.39, 0.29) is 18.4 Å². The summed E-state index contributed by atoms with van der Waals surface area (Å²) < 4.78 is 0. The summed E-state index contributed by atoms with van der Waals surface area (Å²) in [6.07, 6.45) is 5.18. The molecule has 27 heavy (non-hydrogen) atoms. The number of fused-ring (bicyclic) bond motifs is 1. The second-order valence-corrected chi connectivity index (χ2v) is 8.09. The standard InChI is InChI=1S/C21H27N3O3/c1-2-15-7-10-21(11-8-15)19(26)24(20(27)22-21)14-18(25)23-12-9-16-5-3-4-6-17(16)13-23/h3-6,15H,2,7-14H2,1H3,(H,22,27). The first-order valence-corrected chi connectivity index (χ1v) is 10.0. The molecule has 0 unspecified atom stereocenters. The van der Waals surface area contributed by atoms with Crippen LogP contribution in [0, 0.1) is 5.92 Å². The van der Waals surface area contributed by atoms with Crippen molar-refractivity contribution in [3.63, 3.8) is 0 Å². The number of benzene rings is 1. The van der Waals surface area contributed by atoms with Gasteiger partial charge in [-0.15, -0.1) is 0 Å². The molecule has 1 spiro atoms. The number of amides is 4. The van der Waals surface area contributed by atoms with E-state index in [1.807, 2.05) is 18.2 Å². The van der Waals surface area contributed by atoms with E-state index in [0.717, 1.165) is 36.1 Å². The Hall–Kier alpha value is -2.37. The van der Waals surface area contributed by atoms with Crippen LogP contribution in [0.4, 0.5) is 4.79 Å². The van der Waals surface area contributed by atoms with E-state index < -0.39 is 11.6 Å². The zero-order valence-electron chi connectivity index (χ0n) is 15.9. The van der Waals surface area contributed by atoms with Gasteiger partial charge in [0.2, 0.25) is 5.91 Å². The van der Waals surface area contributed by atoms with Crippen LogP contribution in [-0.4, -0.2) is 46.3 Å². The number of urea groups is 1. The molecule has 1 aromatic rings.